The van der Waals surface area contributed by atoms with Crippen LogP contribution in [0.4, 0.5) is 0 Å². The van der Waals surface area contributed by atoms with E-state index in [9.17, 15) is 0 Å². The zero-order chi connectivity index (χ0) is 21.3. The summed E-state index contributed by atoms with van der Waals surface area (Å²) in [5.74, 6) is 1.97. The summed E-state index contributed by atoms with van der Waals surface area (Å²) in [4.78, 5) is 14.4. The van der Waals surface area contributed by atoms with E-state index in [-0.39, 0.29) is 24.0 Å². The van der Waals surface area contributed by atoms with Gasteiger partial charge in [0.2, 0.25) is 0 Å². The number of aliphatic imine (C=N–C) groups is 1. The summed E-state index contributed by atoms with van der Waals surface area (Å²) in [6.45, 7) is 9.45. The summed E-state index contributed by atoms with van der Waals surface area (Å²) in [6, 6.07) is 21.2. The fraction of sp³-hybridized carbons (Fsp3) is 0.360. The molecule has 1 saturated heterocycles. The van der Waals surface area contributed by atoms with Gasteiger partial charge in [0.05, 0.1) is 0 Å². The lowest BCUT2D eigenvalue weighted by atomic mass is 10.2. The minimum Gasteiger partial charge on any atom is -0.357 e. The van der Waals surface area contributed by atoms with Crippen LogP contribution >= 0.6 is 24.0 Å². The predicted octanol–water partition coefficient (Wildman–Crippen LogP) is 3.83. The quantitative estimate of drug-likeness (QED) is 0.279. The third-order valence-corrected chi connectivity index (χ3v) is 5.62. The van der Waals surface area contributed by atoms with E-state index in [0.717, 1.165) is 57.6 Å². The minimum atomic E-state index is 0. The highest BCUT2D eigenvalue weighted by atomic mass is 127. The monoisotopic (exact) mass is 544 g/mol. The summed E-state index contributed by atoms with van der Waals surface area (Å²) in [5.41, 5.74) is 2.65. The van der Waals surface area contributed by atoms with Crippen molar-refractivity contribution in [2.75, 3.05) is 32.7 Å². The first-order valence-electron chi connectivity index (χ1n) is 11.2. The van der Waals surface area contributed by atoms with Gasteiger partial charge in [0.1, 0.15) is 12.4 Å². The van der Waals surface area contributed by atoms with Crippen molar-refractivity contribution < 1.29 is 0 Å². The van der Waals surface area contributed by atoms with Crippen LogP contribution in [0.15, 0.2) is 78.0 Å². The number of benzene rings is 2. The van der Waals surface area contributed by atoms with Crippen molar-refractivity contribution in [2.45, 2.75) is 26.6 Å². The second kappa shape index (κ2) is 12.6. The minimum absolute atomic E-state index is 0. The van der Waals surface area contributed by atoms with Crippen molar-refractivity contribution in [3.8, 4) is 0 Å². The maximum absolute atomic E-state index is 4.92. The van der Waals surface area contributed by atoms with Crippen molar-refractivity contribution in [3.05, 3.63) is 90.0 Å². The molecule has 0 unspecified atom stereocenters. The molecule has 2 heterocycles. The number of hydrogen-bond donors (Lipinski definition) is 1. The average Bonchev–Trinajstić information content (AvgIpc) is 3.25. The number of rotatable bonds is 7. The van der Waals surface area contributed by atoms with Crippen LogP contribution < -0.4 is 5.32 Å². The second-order valence-corrected chi connectivity index (χ2v) is 7.88. The van der Waals surface area contributed by atoms with Crippen molar-refractivity contribution in [3.63, 3.8) is 0 Å². The highest BCUT2D eigenvalue weighted by molar-refractivity contribution is 14.0. The Labute approximate surface area is 208 Å². The summed E-state index contributed by atoms with van der Waals surface area (Å²) in [6.07, 6.45) is 3.90. The summed E-state index contributed by atoms with van der Waals surface area (Å²) in [5, 5.41) is 3.47. The van der Waals surface area contributed by atoms with Gasteiger partial charge in [0.25, 0.3) is 0 Å². The molecule has 0 amide bonds. The van der Waals surface area contributed by atoms with Crippen molar-refractivity contribution >= 4 is 29.9 Å². The molecule has 0 radical (unpaired) electrons. The zero-order valence-electron chi connectivity index (χ0n) is 18.7. The fourth-order valence-electron chi connectivity index (χ4n) is 3.95. The van der Waals surface area contributed by atoms with Gasteiger partial charge >= 0.3 is 0 Å². The van der Waals surface area contributed by atoms with Crippen LogP contribution in [0.3, 0.4) is 0 Å². The number of nitrogens with one attached hydrogen (secondary N) is 1. The zero-order valence-corrected chi connectivity index (χ0v) is 21.1. The first-order chi connectivity index (χ1) is 15.3. The van der Waals surface area contributed by atoms with Crippen LogP contribution in [0.1, 0.15) is 23.9 Å². The Morgan fingerprint density at radius 2 is 1.53 bits per heavy atom. The number of imidazole rings is 1. The Morgan fingerprint density at radius 3 is 2.16 bits per heavy atom. The molecule has 1 fully saturated rings. The highest BCUT2D eigenvalue weighted by Gasteiger charge is 2.19. The maximum atomic E-state index is 4.92. The summed E-state index contributed by atoms with van der Waals surface area (Å²) >= 11 is 0. The van der Waals surface area contributed by atoms with Gasteiger partial charge in [-0.15, -0.1) is 24.0 Å². The second-order valence-electron chi connectivity index (χ2n) is 7.88. The van der Waals surface area contributed by atoms with E-state index in [1.54, 1.807) is 0 Å². The molecule has 0 aliphatic carbocycles. The molecule has 4 rings (SSSR count). The van der Waals surface area contributed by atoms with Crippen LogP contribution in [0.25, 0.3) is 0 Å². The number of piperazine rings is 1. The smallest absolute Gasteiger partial charge is 0.194 e. The lowest BCUT2D eigenvalue weighted by Crippen LogP contribution is -2.52. The molecule has 1 N–H and O–H groups in total. The standard InChI is InChI=1S/C25H32N6.HI/c1-2-26-25(30-17-15-29(16-18-30)20-22-9-5-3-6-10-22)28-19-24-27-13-14-31(24)21-23-11-7-4-8-12-23;/h3-14H,2,15-21H2,1H3,(H,26,28);1H. The van der Waals surface area contributed by atoms with Gasteiger partial charge in [-0.1, -0.05) is 60.7 Å². The number of guanidine groups is 1. The molecule has 0 saturated carbocycles. The molecular weight excluding hydrogens is 511 g/mol. The van der Waals surface area contributed by atoms with Gasteiger partial charge in [-0.3, -0.25) is 4.90 Å². The Hall–Kier alpha value is -2.39. The Morgan fingerprint density at radius 1 is 0.906 bits per heavy atom. The molecular formula is C25H33IN6. The number of nitrogens with zero attached hydrogens (tertiary/aromatic N) is 5. The SMILES string of the molecule is CCNC(=NCc1nccn1Cc1ccccc1)N1CCN(Cc2ccccc2)CC1.I. The normalized spacial score (nSPS) is 14.8. The number of hydrogen-bond acceptors (Lipinski definition) is 3. The first-order valence-corrected chi connectivity index (χ1v) is 11.2. The van der Waals surface area contributed by atoms with Gasteiger partial charge in [0, 0.05) is 58.2 Å². The molecule has 0 spiro atoms. The molecule has 0 bridgehead atoms. The Kier molecular flexibility index (Phi) is 9.55. The Bertz CT molecular complexity index is 949. The highest BCUT2D eigenvalue weighted by Crippen LogP contribution is 2.10. The van der Waals surface area contributed by atoms with E-state index in [0.29, 0.717) is 6.54 Å². The first kappa shape index (κ1) is 24.3. The van der Waals surface area contributed by atoms with E-state index in [1.807, 2.05) is 18.5 Å². The maximum Gasteiger partial charge on any atom is 0.194 e. The topological polar surface area (TPSA) is 48.7 Å². The van der Waals surface area contributed by atoms with Crippen LogP contribution in [-0.4, -0.2) is 58.0 Å². The van der Waals surface area contributed by atoms with Gasteiger partial charge in [0.15, 0.2) is 5.96 Å². The third-order valence-electron chi connectivity index (χ3n) is 5.62. The predicted molar refractivity (Wildman–Crippen MR) is 141 cm³/mol. The van der Waals surface area contributed by atoms with Crippen molar-refractivity contribution in [1.82, 2.24) is 24.7 Å². The van der Waals surface area contributed by atoms with Gasteiger partial charge in [-0.05, 0) is 18.1 Å². The van der Waals surface area contributed by atoms with E-state index < -0.39 is 0 Å². The van der Waals surface area contributed by atoms with Crippen LogP contribution in [0.5, 0.6) is 0 Å². The van der Waals surface area contributed by atoms with Gasteiger partial charge in [-0.25, -0.2) is 9.98 Å². The molecule has 6 nitrogen and oxygen atoms in total. The lowest BCUT2D eigenvalue weighted by molar-refractivity contribution is 0.172. The molecule has 1 aliphatic heterocycles. The fourth-order valence-corrected chi connectivity index (χ4v) is 3.95. The van der Waals surface area contributed by atoms with E-state index in [2.05, 4.69) is 86.2 Å². The van der Waals surface area contributed by atoms with Crippen LogP contribution in [0.2, 0.25) is 0 Å². The largest absolute Gasteiger partial charge is 0.357 e. The molecule has 1 aliphatic rings. The van der Waals surface area contributed by atoms with Crippen molar-refractivity contribution in [1.29, 1.82) is 0 Å². The molecule has 7 heteroatoms. The number of halogens is 1. The Balaban J connectivity index is 0.00000289. The van der Waals surface area contributed by atoms with Crippen LogP contribution in [0, 0.1) is 0 Å². The molecule has 2 aromatic carbocycles. The molecule has 170 valence electrons. The van der Waals surface area contributed by atoms with Gasteiger partial charge < -0.3 is 14.8 Å². The van der Waals surface area contributed by atoms with E-state index in [1.165, 1.54) is 11.1 Å². The molecule has 1 aromatic heterocycles. The third kappa shape index (κ3) is 6.80. The lowest BCUT2D eigenvalue weighted by Gasteiger charge is -2.36. The van der Waals surface area contributed by atoms with Crippen LogP contribution in [-0.2, 0) is 19.6 Å². The summed E-state index contributed by atoms with van der Waals surface area (Å²) < 4.78 is 2.18. The van der Waals surface area contributed by atoms with Crippen molar-refractivity contribution in [2.24, 2.45) is 4.99 Å². The summed E-state index contributed by atoms with van der Waals surface area (Å²) in [7, 11) is 0. The molecule has 3 aromatic rings. The van der Waals surface area contributed by atoms with E-state index >= 15 is 0 Å². The van der Waals surface area contributed by atoms with Gasteiger partial charge in [-0.2, -0.15) is 0 Å². The average molecular weight is 544 g/mol. The number of aromatic nitrogens is 2. The molecule has 0 atom stereocenters. The molecule has 32 heavy (non-hydrogen) atoms. The van der Waals surface area contributed by atoms with E-state index in [4.69, 9.17) is 4.99 Å².